The molecular weight excluding hydrogens is 307 g/mol. The van der Waals surface area contributed by atoms with Gasteiger partial charge in [-0.15, -0.1) is 0 Å². The SMILES string of the molecule is N#C[C@@H](NC(=O)c1nn(-c2ccccc2F)c2c1CCC2)C1CC1. The Labute approximate surface area is 139 Å². The van der Waals surface area contributed by atoms with Crippen molar-refractivity contribution in [2.24, 2.45) is 5.92 Å². The number of hydrogen-bond acceptors (Lipinski definition) is 3. The molecule has 1 amide bonds. The van der Waals surface area contributed by atoms with E-state index in [0.29, 0.717) is 11.4 Å². The molecule has 1 N–H and O–H groups in total. The first-order chi connectivity index (χ1) is 11.7. The van der Waals surface area contributed by atoms with Gasteiger partial charge in [-0.2, -0.15) is 10.4 Å². The van der Waals surface area contributed by atoms with Gasteiger partial charge in [-0.3, -0.25) is 4.79 Å². The maximum absolute atomic E-state index is 14.1. The van der Waals surface area contributed by atoms with Gasteiger partial charge in [0.05, 0.1) is 6.07 Å². The van der Waals surface area contributed by atoms with Crippen LogP contribution in [0.5, 0.6) is 0 Å². The molecule has 2 aliphatic carbocycles. The topological polar surface area (TPSA) is 70.7 Å². The molecule has 5 nitrogen and oxygen atoms in total. The lowest BCUT2D eigenvalue weighted by Gasteiger charge is -2.09. The third-order valence-electron chi connectivity index (χ3n) is 4.75. The van der Waals surface area contributed by atoms with Gasteiger partial charge in [-0.25, -0.2) is 9.07 Å². The standard InChI is InChI=1S/C18H17FN4O/c19-13-5-1-2-6-16(13)23-15-7-3-4-12(15)17(22-23)18(24)21-14(10-20)11-8-9-11/h1-2,5-6,11,14H,3-4,7-9H2,(H,21,24)/t14-/m1/s1. The predicted molar refractivity (Wildman–Crippen MR) is 85.1 cm³/mol. The summed E-state index contributed by atoms with van der Waals surface area (Å²) in [5.74, 6) is -0.447. The minimum absolute atomic E-state index is 0.251. The molecule has 0 radical (unpaired) electrons. The molecule has 122 valence electrons. The Balaban J connectivity index is 1.70. The zero-order valence-corrected chi connectivity index (χ0v) is 13.1. The molecule has 4 rings (SSSR count). The van der Waals surface area contributed by atoms with Crippen LogP contribution in [0.25, 0.3) is 5.69 Å². The second-order valence-electron chi connectivity index (χ2n) is 6.41. The molecule has 0 bridgehead atoms. The van der Waals surface area contributed by atoms with Crippen molar-refractivity contribution in [3.8, 4) is 11.8 Å². The number of carbonyl (C=O) groups is 1. The van der Waals surface area contributed by atoms with Crippen LogP contribution in [0.1, 0.15) is 41.0 Å². The van der Waals surface area contributed by atoms with Crippen LogP contribution >= 0.6 is 0 Å². The average Bonchev–Trinajstić information content (AvgIpc) is 3.20. The number of aromatic nitrogens is 2. The number of nitriles is 1. The highest BCUT2D eigenvalue weighted by Gasteiger charge is 2.34. The molecule has 6 heteroatoms. The summed E-state index contributed by atoms with van der Waals surface area (Å²) in [4.78, 5) is 12.6. The van der Waals surface area contributed by atoms with E-state index in [1.165, 1.54) is 6.07 Å². The van der Waals surface area contributed by atoms with Crippen LogP contribution in [0.2, 0.25) is 0 Å². The van der Waals surface area contributed by atoms with Crippen molar-refractivity contribution in [3.05, 3.63) is 47.0 Å². The van der Waals surface area contributed by atoms with Gasteiger partial charge >= 0.3 is 0 Å². The third kappa shape index (κ3) is 2.46. The summed E-state index contributed by atoms with van der Waals surface area (Å²) in [7, 11) is 0. The van der Waals surface area contributed by atoms with Gasteiger partial charge in [0.2, 0.25) is 0 Å². The fourth-order valence-corrected chi connectivity index (χ4v) is 3.34. The molecular formula is C18H17FN4O. The number of nitrogens with zero attached hydrogens (tertiary/aromatic N) is 3. The molecule has 1 fully saturated rings. The molecule has 0 saturated heterocycles. The highest BCUT2D eigenvalue weighted by atomic mass is 19.1. The number of para-hydroxylation sites is 1. The molecule has 2 aromatic rings. The van der Waals surface area contributed by atoms with Crippen molar-refractivity contribution in [1.82, 2.24) is 15.1 Å². The summed E-state index contributed by atoms with van der Waals surface area (Å²) >= 11 is 0. The van der Waals surface area contributed by atoms with E-state index in [1.54, 1.807) is 22.9 Å². The number of halogens is 1. The van der Waals surface area contributed by atoms with Crippen LogP contribution < -0.4 is 5.32 Å². The number of amides is 1. The third-order valence-corrected chi connectivity index (χ3v) is 4.75. The maximum atomic E-state index is 14.1. The van der Waals surface area contributed by atoms with E-state index in [4.69, 9.17) is 0 Å². The summed E-state index contributed by atoms with van der Waals surface area (Å²) in [6.07, 6.45) is 4.40. The second-order valence-corrected chi connectivity index (χ2v) is 6.41. The van der Waals surface area contributed by atoms with Crippen LogP contribution in [0.4, 0.5) is 4.39 Å². The largest absolute Gasteiger partial charge is 0.335 e. The second kappa shape index (κ2) is 5.75. The molecule has 0 aliphatic heterocycles. The fourth-order valence-electron chi connectivity index (χ4n) is 3.34. The monoisotopic (exact) mass is 324 g/mol. The minimum Gasteiger partial charge on any atom is -0.335 e. The van der Waals surface area contributed by atoms with Crippen LogP contribution in [-0.2, 0) is 12.8 Å². The summed E-state index contributed by atoms with van der Waals surface area (Å²) in [5, 5.41) is 16.4. The fraction of sp³-hybridized carbons (Fsp3) is 0.389. The van der Waals surface area contributed by atoms with E-state index < -0.39 is 6.04 Å². The normalized spacial score (nSPS) is 17.2. The predicted octanol–water partition coefficient (Wildman–Crippen LogP) is 2.53. The molecule has 1 saturated carbocycles. The number of hydrogen-bond donors (Lipinski definition) is 1. The van der Waals surface area contributed by atoms with Crippen LogP contribution in [0.15, 0.2) is 24.3 Å². The van der Waals surface area contributed by atoms with Crippen molar-refractivity contribution in [2.75, 3.05) is 0 Å². The highest BCUT2D eigenvalue weighted by molar-refractivity contribution is 5.94. The number of benzene rings is 1. The van der Waals surface area contributed by atoms with Gasteiger partial charge in [0, 0.05) is 11.3 Å². The summed E-state index contributed by atoms with van der Waals surface area (Å²) in [6.45, 7) is 0. The van der Waals surface area contributed by atoms with E-state index in [0.717, 1.165) is 43.4 Å². The first-order valence-electron chi connectivity index (χ1n) is 8.25. The molecule has 0 unspecified atom stereocenters. The van der Waals surface area contributed by atoms with Gasteiger partial charge in [-0.05, 0) is 50.2 Å². The van der Waals surface area contributed by atoms with E-state index in [-0.39, 0.29) is 17.6 Å². The maximum Gasteiger partial charge on any atom is 0.273 e. The zero-order valence-electron chi connectivity index (χ0n) is 13.1. The summed E-state index contributed by atoms with van der Waals surface area (Å²) in [6, 6.07) is 8.11. The van der Waals surface area contributed by atoms with E-state index in [1.807, 2.05) is 0 Å². The Hall–Kier alpha value is -2.68. The highest BCUT2D eigenvalue weighted by Crippen LogP contribution is 2.33. The van der Waals surface area contributed by atoms with E-state index >= 15 is 0 Å². The van der Waals surface area contributed by atoms with E-state index in [2.05, 4.69) is 16.5 Å². The van der Waals surface area contributed by atoms with Crippen molar-refractivity contribution < 1.29 is 9.18 Å². The van der Waals surface area contributed by atoms with Gasteiger partial charge in [0.15, 0.2) is 5.69 Å². The van der Waals surface area contributed by atoms with Crippen molar-refractivity contribution >= 4 is 5.91 Å². The Morgan fingerprint density at radius 3 is 2.88 bits per heavy atom. The van der Waals surface area contributed by atoms with Gasteiger partial charge in [0.25, 0.3) is 5.91 Å². The molecule has 0 spiro atoms. The first-order valence-corrected chi connectivity index (χ1v) is 8.25. The minimum atomic E-state index is -0.465. The summed E-state index contributed by atoms with van der Waals surface area (Å²) < 4.78 is 15.7. The van der Waals surface area contributed by atoms with Crippen LogP contribution in [0, 0.1) is 23.1 Å². The quantitative estimate of drug-likeness (QED) is 0.939. The lowest BCUT2D eigenvalue weighted by molar-refractivity contribution is 0.0935. The molecule has 1 heterocycles. The molecule has 1 atom stereocenters. The Kier molecular flexibility index (Phi) is 3.57. The van der Waals surface area contributed by atoms with E-state index in [9.17, 15) is 14.4 Å². The Bertz CT molecular complexity index is 847. The lowest BCUT2D eigenvalue weighted by Crippen LogP contribution is -2.36. The number of carbonyl (C=O) groups excluding carboxylic acids is 1. The van der Waals surface area contributed by atoms with Crippen molar-refractivity contribution in [2.45, 2.75) is 38.1 Å². The van der Waals surface area contributed by atoms with Gasteiger partial charge in [-0.1, -0.05) is 12.1 Å². The zero-order chi connectivity index (χ0) is 16.7. The number of fused-ring (bicyclic) bond motifs is 1. The summed E-state index contributed by atoms with van der Waals surface area (Å²) in [5.41, 5.74) is 2.45. The smallest absolute Gasteiger partial charge is 0.273 e. The number of rotatable bonds is 4. The molecule has 1 aromatic heterocycles. The van der Waals surface area contributed by atoms with Crippen molar-refractivity contribution in [1.29, 1.82) is 5.26 Å². The van der Waals surface area contributed by atoms with Crippen LogP contribution in [0.3, 0.4) is 0 Å². The Morgan fingerprint density at radius 1 is 1.38 bits per heavy atom. The first kappa shape index (κ1) is 14.9. The molecule has 1 aromatic carbocycles. The molecule has 2 aliphatic rings. The van der Waals surface area contributed by atoms with Gasteiger partial charge in [0.1, 0.15) is 17.5 Å². The van der Waals surface area contributed by atoms with Crippen LogP contribution in [-0.4, -0.2) is 21.7 Å². The van der Waals surface area contributed by atoms with Crippen molar-refractivity contribution in [3.63, 3.8) is 0 Å². The Morgan fingerprint density at radius 2 is 2.17 bits per heavy atom. The average molecular weight is 324 g/mol. The lowest BCUT2D eigenvalue weighted by atomic mass is 10.1. The molecule has 24 heavy (non-hydrogen) atoms. The van der Waals surface area contributed by atoms with Gasteiger partial charge < -0.3 is 5.32 Å². The number of nitrogens with one attached hydrogen (secondary N) is 1.